The Bertz CT molecular complexity index is 714. The monoisotopic (exact) mass is 356 g/mol. The number of nitrogens with one attached hydrogen (secondary N) is 2. The number of ether oxygens (including phenoxy) is 2. The van der Waals surface area contributed by atoms with Gasteiger partial charge in [0.15, 0.2) is 18.1 Å². The van der Waals surface area contributed by atoms with Crippen LogP contribution in [-0.4, -0.2) is 25.7 Å². The zero-order valence-electron chi connectivity index (χ0n) is 16.0. The fraction of sp³-hybridized carbons (Fsp3) is 0.381. The van der Waals surface area contributed by atoms with Gasteiger partial charge in [0, 0.05) is 23.8 Å². The summed E-state index contributed by atoms with van der Waals surface area (Å²) in [5, 5.41) is 6.27. The van der Waals surface area contributed by atoms with Crippen LogP contribution in [0.4, 0.5) is 5.69 Å². The largest absolute Gasteiger partial charge is 0.493 e. The molecular formula is C21H28N2O3. The van der Waals surface area contributed by atoms with E-state index in [1.54, 1.807) is 7.11 Å². The second kappa shape index (κ2) is 9.82. The van der Waals surface area contributed by atoms with Crippen molar-refractivity contribution in [1.29, 1.82) is 0 Å². The molecule has 2 aromatic carbocycles. The van der Waals surface area contributed by atoms with Crippen LogP contribution in [0, 0.1) is 6.92 Å². The zero-order chi connectivity index (χ0) is 18.9. The highest BCUT2D eigenvalue weighted by atomic mass is 16.5. The van der Waals surface area contributed by atoms with Gasteiger partial charge in [-0.15, -0.1) is 0 Å². The van der Waals surface area contributed by atoms with Crippen molar-refractivity contribution in [2.75, 3.05) is 19.0 Å². The summed E-state index contributed by atoms with van der Waals surface area (Å²) in [5.74, 6) is 1.02. The number of aryl methyl sites for hydroxylation is 1. The average Bonchev–Trinajstić information content (AvgIpc) is 2.66. The molecule has 0 saturated carbocycles. The van der Waals surface area contributed by atoms with Crippen molar-refractivity contribution >= 4 is 11.6 Å². The molecule has 0 saturated heterocycles. The van der Waals surface area contributed by atoms with Crippen molar-refractivity contribution in [3.05, 3.63) is 53.6 Å². The quantitative estimate of drug-likeness (QED) is 0.715. The molecule has 0 aromatic heterocycles. The number of benzene rings is 2. The van der Waals surface area contributed by atoms with Crippen LogP contribution in [-0.2, 0) is 11.3 Å². The van der Waals surface area contributed by atoms with Crippen molar-refractivity contribution < 1.29 is 14.3 Å². The fourth-order valence-corrected chi connectivity index (χ4v) is 2.43. The molecule has 26 heavy (non-hydrogen) atoms. The summed E-state index contributed by atoms with van der Waals surface area (Å²) < 4.78 is 11.2. The Balaban J connectivity index is 2.02. The maximum absolute atomic E-state index is 12.2. The lowest BCUT2D eigenvalue weighted by Crippen LogP contribution is -2.25. The Kier molecular flexibility index (Phi) is 7.48. The lowest BCUT2D eigenvalue weighted by atomic mass is 10.1. The van der Waals surface area contributed by atoms with Crippen molar-refractivity contribution in [3.8, 4) is 11.5 Å². The van der Waals surface area contributed by atoms with Crippen LogP contribution in [0.5, 0.6) is 11.5 Å². The molecule has 0 radical (unpaired) electrons. The molecule has 0 bridgehead atoms. The predicted molar refractivity (Wildman–Crippen MR) is 105 cm³/mol. The molecule has 0 fully saturated rings. The van der Waals surface area contributed by atoms with Gasteiger partial charge in [-0.25, -0.2) is 0 Å². The molecule has 2 N–H and O–H groups in total. The summed E-state index contributed by atoms with van der Waals surface area (Å²) in [6.45, 7) is 6.85. The van der Waals surface area contributed by atoms with Gasteiger partial charge in [0.05, 0.1) is 7.11 Å². The molecule has 140 valence electrons. The summed E-state index contributed by atoms with van der Waals surface area (Å²) in [4.78, 5) is 12.2. The number of hydrogen-bond acceptors (Lipinski definition) is 4. The van der Waals surface area contributed by atoms with Gasteiger partial charge in [-0.3, -0.25) is 4.79 Å². The van der Waals surface area contributed by atoms with Crippen LogP contribution in [0.3, 0.4) is 0 Å². The van der Waals surface area contributed by atoms with Gasteiger partial charge < -0.3 is 20.1 Å². The minimum Gasteiger partial charge on any atom is -0.493 e. The van der Waals surface area contributed by atoms with Crippen LogP contribution < -0.4 is 20.1 Å². The minimum atomic E-state index is -0.208. The third kappa shape index (κ3) is 5.77. The van der Waals surface area contributed by atoms with Gasteiger partial charge in [0.1, 0.15) is 0 Å². The van der Waals surface area contributed by atoms with Crippen molar-refractivity contribution in [2.45, 2.75) is 39.8 Å². The van der Waals surface area contributed by atoms with Gasteiger partial charge in [0.25, 0.3) is 5.91 Å². The molecule has 2 rings (SSSR count). The van der Waals surface area contributed by atoms with E-state index in [1.807, 2.05) is 49.4 Å². The summed E-state index contributed by atoms with van der Waals surface area (Å²) >= 11 is 0. The molecule has 1 atom stereocenters. The van der Waals surface area contributed by atoms with Crippen LogP contribution in [0.15, 0.2) is 42.5 Å². The Morgan fingerprint density at radius 2 is 1.88 bits per heavy atom. The highest BCUT2D eigenvalue weighted by Gasteiger charge is 2.13. The van der Waals surface area contributed by atoms with E-state index in [4.69, 9.17) is 9.47 Å². The third-order valence-corrected chi connectivity index (χ3v) is 4.22. The summed E-state index contributed by atoms with van der Waals surface area (Å²) in [6.07, 6.45) is 1.04. The Morgan fingerprint density at radius 1 is 1.15 bits per heavy atom. The van der Waals surface area contributed by atoms with Crippen molar-refractivity contribution in [1.82, 2.24) is 5.32 Å². The van der Waals surface area contributed by atoms with E-state index in [0.717, 1.165) is 23.2 Å². The average molecular weight is 356 g/mol. The van der Waals surface area contributed by atoms with Crippen LogP contribution in [0.1, 0.15) is 31.4 Å². The van der Waals surface area contributed by atoms with Gasteiger partial charge in [-0.1, -0.05) is 36.8 Å². The first kappa shape index (κ1) is 19.8. The first-order chi connectivity index (χ1) is 12.5. The van der Waals surface area contributed by atoms with E-state index in [1.165, 1.54) is 0 Å². The van der Waals surface area contributed by atoms with E-state index in [9.17, 15) is 4.79 Å². The molecule has 5 heteroatoms. The SMILES string of the molecule is CCC(C)NCc1cccc(OC)c1OCC(=O)Nc1ccc(C)cc1. The highest BCUT2D eigenvalue weighted by Crippen LogP contribution is 2.31. The predicted octanol–water partition coefficient (Wildman–Crippen LogP) is 3.91. The minimum absolute atomic E-state index is 0.0788. The Hall–Kier alpha value is -2.53. The summed E-state index contributed by atoms with van der Waals surface area (Å²) in [5.41, 5.74) is 2.86. The molecule has 5 nitrogen and oxygen atoms in total. The lowest BCUT2D eigenvalue weighted by Gasteiger charge is -2.17. The van der Waals surface area contributed by atoms with Gasteiger partial charge in [0.2, 0.25) is 0 Å². The summed E-state index contributed by atoms with van der Waals surface area (Å²) in [7, 11) is 1.60. The van der Waals surface area contributed by atoms with E-state index < -0.39 is 0 Å². The first-order valence-corrected chi connectivity index (χ1v) is 8.92. The van der Waals surface area contributed by atoms with Crippen molar-refractivity contribution in [3.63, 3.8) is 0 Å². The molecule has 2 aromatic rings. The molecule has 0 aliphatic carbocycles. The molecule has 0 aliphatic rings. The topological polar surface area (TPSA) is 59.6 Å². The standard InChI is InChI=1S/C21H28N2O3/c1-5-16(3)22-13-17-7-6-8-19(25-4)21(17)26-14-20(24)23-18-11-9-15(2)10-12-18/h6-12,16,22H,5,13-14H2,1-4H3,(H,23,24). The van der Waals surface area contributed by atoms with E-state index in [2.05, 4.69) is 24.5 Å². The number of hydrogen-bond donors (Lipinski definition) is 2. The number of amides is 1. The molecule has 1 amide bonds. The smallest absolute Gasteiger partial charge is 0.262 e. The van der Waals surface area contributed by atoms with Gasteiger partial charge in [-0.05, 0) is 38.5 Å². The molecule has 1 unspecified atom stereocenters. The number of rotatable bonds is 9. The number of carbonyl (C=O) groups excluding carboxylic acids is 1. The van der Waals surface area contributed by atoms with Gasteiger partial charge >= 0.3 is 0 Å². The van der Waals surface area contributed by atoms with Gasteiger partial charge in [-0.2, -0.15) is 0 Å². The molecule has 0 heterocycles. The fourth-order valence-electron chi connectivity index (χ4n) is 2.43. The number of para-hydroxylation sites is 1. The van der Waals surface area contributed by atoms with E-state index in [0.29, 0.717) is 24.1 Å². The first-order valence-electron chi connectivity index (χ1n) is 8.92. The summed E-state index contributed by atoms with van der Waals surface area (Å²) in [6, 6.07) is 13.8. The van der Waals surface area contributed by atoms with Crippen LogP contribution >= 0.6 is 0 Å². The van der Waals surface area contributed by atoms with Crippen LogP contribution in [0.25, 0.3) is 0 Å². The zero-order valence-corrected chi connectivity index (χ0v) is 16.0. The molecule has 0 spiro atoms. The lowest BCUT2D eigenvalue weighted by molar-refractivity contribution is -0.118. The number of methoxy groups -OCH3 is 1. The Labute approximate surface area is 155 Å². The van der Waals surface area contributed by atoms with E-state index >= 15 is 0 Å². The second-order valence-electron chi connectivity index (χ2n) is 6.34. The van der Waals surface area contributed by atoms with E-state index in [-0.39, 0.29) is 12.5 Å². The Morgan fingerprint density at radius 3 is 2.54 bits per heavy atom. The second-order valence-corrected chi connectivity index (χ2v) is 6.34. The third-order valence-electron chi connectivity index (χ3n) is 4.22. The maximum atomic E-state index is 12.2. The van der Waals surface area contributed by atoms with Crippen LogP contribution in [0.2, 0.25) is 0 Å². The molecular weight excluding hydrogens is 328 g/mol. The number of carbonyl (C=O) groups is 1. The normalized spacial score (nSPS) is 11.7. The highest BCUT2D eigenvalue weighted by molar-refractivity contribution is 5.91. The number of anilines is 1. The molecule has 0 aliphatic heterocycles. The maximum Gasteiger partial charge on any atom is 0.262 e. The van der Waals surface area contributed by atoms with Crippen molar-refractivity contribution in [2.24, 2.45) is 0 Å².